The van der Waals surface area contributed by atoms with E-state index in [-0.39, 0.29) is 11.3 Å². The van der Waals surface area contributed by atoms with E-state index in [2.05, 4.69) is 0 Å². The van der Waals surface area contributed by atoms with Crippen LogP contribution in [0.15, 0.2) is 51.7 Å². The highest BCUT2D eigenvalue weighted by molar-refractivity contribution is 6.06. The van der Waals surface area contributed by atoms with Crippen LogP contribution in [0.4, 0.5) is 5.69 Å². The van der Waals surface area contributed by atoms with Crippen LogP contribution >= 0.6 is 0 Å². The molecule has 0 N–H and O–H groups in total. The maximum Gasteiger partial charge on any atom is 0.344 e. The lowest BCUT2D eigenvalue weighted by molar-refractivity contribution is -0.383. The number of hydrogen-bond donors (Lipinski definition) is 0. The lowest BCUT2D eigenvalue weighted by Gasteiger charge is -2.02. The van der Waals surface area contributed by atoms with E-state index in [4.69, 9.17) is 4.42 Å². The molecule has 0 atom stereocenters. The van der Waals surface area contributed by atoms with Crippen LogP contribution in [-0.2, 0) is 0 Å². The van der Waals surface area contributed by atoms with Crippen LogP contribution in [0.2, 0.25) is 0 Å². The summed E-state index contributed by atoms with van der Waals surface area (Å²) in [6.07, 6.45) is 0. The zero-order valence-electron chi connectivity index (χ0n) is 9.12. The van der Waals surface area contributed by atoms with E-state index in [9.17, 15) is 14.9 Å². The summed E-state index contributed by atoms with van der Waals surface area (Å²) < 4.78 is 5.07. The van der Waals surface area contributed by atoms with Gasteiger partial charge in [-0.1, -0.05) is 30.3 Å². The third kappa shape index (κ3) is 1.37. The molecule has 0 spiro atoms. The van der Waals surface area contributed by atoms with E-state index in [1.54, 1.807) is 36.4 Å². The Bertz CT molecular complexity index is 835. The van der Waals surface area contributed by atoms with Gasteiger partial charge in [0.05, 0.1) is 10.3 Å². The highest BCUT2D eigenvalue weighted by Crippen LogP contribution is 2.29. The van der Waals surface area contributed by atoms with Crippen molar-refractivity contribution in [2.45, 2.75) is 0 Å². The second-order valence-electron chi connectivity index (χ2n) is 3.85. The van der Waals surface area contributed by atoms with Crippen molar-refractivity contribution in [3.63, 3.8) is 0 Å². The molecule has 88 valence electrons. The Hall–Kier alpha value is -2.69. The molecule has 0 unspecified atom stereocenters. The normalized spacial score (nSPS) is 10.9. The lowest BCUT2D eigenvalue weighted by Crippen LogP contribution is -2.01. The molecular weight excluding hydrogens is 234 g/mol. The fourth-order valence-corrected chi connectivity index (χ4v) is 2.03. The molecule has 1 aromatic heterocycles. The Kier molecular flexibility index (Phi) is 2.13. The van der Waals surface area contributed by atoms with Gasteiger partial charge >= 0.3 is 11.3 Å². The molecule has 5 heteroatoms. The summed E-state index contributed by atoms with van der Waals surface area (Å²) in [5.41, 5.74) is -0.742. The molecule has 1 heterocycles. The van der Waals surface area contributed by atoms with Gasteiger partial charge in [-0.05, 0) is 6.07 Å². The minimum atomic E-state index is -0.563. The first-order valence-corrected chi connectivity index (χ1v) is 5.27. The van der Waals surface area contributed by atoms with Gasteiger partial charge in [-0.2, -0.15) is 0 Å². The van der Waals surface area contributed by atoms with Crippen molar-refractivity contribution in [1.82, 2.24) is 0 Å². The third-order valence-corrected chi connectivity index (χ3v) is 2.82. The first kappa shape index (κ1) is 10.5. The molecule has 0 amide bonds. The zero-order chi connectivity index (χ0) is 12.7. The largest absolute Gasteiger partial charge is 0.415 e. The second kappa shape index (κ2) is 3.66. The molecular formula is C13H7NO4. The molecule has 3 rings (SSSR count). The maximum atomic E-state index is 11.8. The molecule has 0 aliphatic carbocycles. The highest BCUT2D eigenvalue weighted by Gasteiger charge is 2.16. The van der Waals surface area contributed by atoms with Gasteiger partial charge < -0.3 is 4.42 Å². The standard InChI is InChI=1S/C13H7NO4/c15-13-10-5-2-1-4-8(10)9-6-3-7-11(14(16)17)12(9)18-13/h1-7H. The zero-order valence-corrected chi connectivity index (χ0v) is 9.12. The molecule has 0 saturated heterocycles. The number of fused-ring (bicyclic) bond motifs is 3. The van der Waals surface area contributed by atoms with Gasteiger partial charge in [0.15, 0.2) is 0 Å². The molecule has 0 aliphatic heterocycles. The van der Waals surface area contributed by atoms with Crippen molar-refractivity contribution >= 4 is 27.4 Å². The van der Waals surface area contributed by atoms with E-state index >= 15 is 0 Å². The van der Waals surface area contributed by atoms with Gasteiger partial charge in [0.2, 0.25) is 5.58 Å². The Morgan fingerprint density at radius 2 is 1.61 bits per heavy atom. The average Bonchev–Trinajstić information content (AvgIpc) is 2.38. The Labute approximate surface area is 100 Å². The van der Waals surface area contributed by atoms with Gasteiger partial charge in [-0.3, -0.25) is 10.1 Å². The summed E-state index contributed by atoms with van der Waals surface area (Å²) >= 11 is 0. The number of rotatable bonds is 1. The number of para-hydroxylation sites is 1. The summed E-state index contributed by atoms with van der Waals surface area (Å²) in [5, 5.41) is 12.6. The Morgan fingerprint density at radius 1 is 0.944 bits per heavy atom. The van der Waals surface area contributed by atoms with Gasteiger partial charge in [-0.25, -0.2) is 4.79 Å². The fourth-order valence-electron chi connectivity index (χ4n) is 2.03. The van der Waals surface area contributed by atoms with Crippen molar-refractivity contribution in [1.29, 1.82) is 0 Å². The van der Waals surface area contributed by atoms with Gasteiger partial charge in [0, 0.05) is 16.8 Å². The SMILES string of the molecule is O=c1oc2c([N+](=O)[O-])cccc2c2ccccc12. The molecule has 0 radical (unpaired) electrons. The van der Waals surface area contributed by atoms with Crippen LogP contribution in [0.1, 0.15) is 0 Å². The van der Waals surface area contributed by atoms with Crippen LogP contribution in [0, 0.1) is 10.1 Å². The quantitative estimate of drug-likeness (QED) is 0.284. The van der Waals surface area contributed by atoms with Gasteiger partial charge in [0.1, 0.15) is 0 Å². The molecule has 5 nitrogen and oxygen atoms in total. The van der Waals surface area contributed by atoms with Gasteiger partial charge in [0.25, 0.3) is 0 Å². The van der Waals surface area contributed by atoms with Gasteiger partial charge in [-0.15, -0.1) is 0 Å². The lowest BCUT2D eigenvalue weighted by atomic mass is 10.1. The van der Waals surface area contributed by atoms with Crippen molar-refractivity contribution in [3.8, 4) is 0 Å². The second-order valence-corrected chi connectivity index (χ2v) is 3.85. The summed E-state index contributed by atoms with van der Waals surface area (Å²) in [5.74, 6) is 0. The van der Waals surface area contributed by atoms with Crippen molar-refractivity contribution < 1.29 is 9.34 Å². The minimum Gasteiger partial charge on any atom is -0.415 e. The molecule has 0 fully saturated rings. The number of nitrogens with zero attached hydrogens (tertiary/aromatic N) is 1. The summed E-state index contributed by atoms with van der Waals surface area (Å²) in [6.45, 7) is 0. The number of nitro benzene ring substituents is 1. The first-order valence-electron chi connectivity index (χ1n) is 5.27. The highest BCUT2D eigenvalue weighted by atomic mass is 16.6. The van der Waals surface area contributed by atoms with Crippen LogP contribution in [-0.4, -0.2) is 4.92 Å². The topological polar surface area (TPSA) is 73.3 Å². The number of non-ortho nitro benzene ring substituents is 1. The van der Waals surface area contributed by atoms with Crippen molar-refractivity contribution in [2.24, 2.45) is 0 Å². The van der Waals surface area contributed by atoms with Crippen molar-refractivity contribution in [3.05, 3.63) is 63.0 Å². The Balaban J connectivity index is 2.62. The van der Waals surface area contributed by atoms with E-state index in [0.29, 0.717) is 16.2 Å². The monoisotopic (exact) mass is 241 g/mol. The minimum absolute atomic E-state index is 0.0196. The van der Waals surface area contributed by atoms with Crippen LogP contribution in [0.5, 0.6) is 0 Å². The molecule has 18 heavy (non-hydrogen) atoms. The fraction of sp³-hybridized carbons (Fsp3) is 0. The smallest absolute Gasteiger partial charge is 0.344 e. The van der Waals surface area contributed by atoms with Crippen LogP contribution in [0.25, 0.3) is 21.7 Å². The average molecular weight is 241 g/mol. The molecule has 2 aromatic carbocycles. The molecule has 3 aromatic rings. The predicted octanol–water partition coefficient (Wildman–Crippen LogP) is 2.85. The summed E-state index contributed by atoms with van der Waals surface area (Å²) in [7, 11) is 0. The first-order chi connectivity index (χ1) is 8.68. The third-order valence-electron chi connectivity index (χ3n) is 2.82. The van der Waals surface area contributed by atoms with Crippen LogP contribution < -0.4 is 5.63 Å². The molecule has 0 aliphatic rings. The summed E-state index contributed by atoms with van der Waals surface area (Å²) in [6, 6.07) is 11.5. The number of benzene rings is 2. The van der Waals surface area contributed by atoms with E-state index in [1.165, 1.54) is 6.07 Å². The van der Waals surface area contributed by atoms with E-state index in [1.807, 2.05) is 0 Å². The number of nitro groups is 1. The molecule has 0 saturated carbocycles. The maximum absolute atomic E-state index is 11.8. The molecule has 0 bridgehead atoms. The Morgan fingerprint density at radius 3 is 2.33 bits per heavy atom. The van der Waals surface area contributed by atoms with E-state index < -0.39 is 10.5 Å². The van der Waals surface area contributed by atoms with Crippen LogP contribution in [0.3, 0.4) is 0 Å². The van der Waals surface area contributed by atoms with Crippen molar-refractivity contribution in [2.75, 3.05) is 0 Å². The summed E-state index contributed by atoms with van der Waals surface area (Å²) in [4.78, 5) is 22.1. The predicted molar refractivity (Wildman–Crippen MR) is 66.6 cm³/mol. The number of hydrogen-bond acceptors (Lipinski definition) is 4. The van der Waals surface area contributed by atoms with E-state index in [0.717, 1.165) is 0 Å².